The SMILES string of the molecule is CC1(Oc2cccc3c2CNC3)CCCS(=O)(=O)C1. The van der Waals surface area contributed by atoms with Gasteiger partial charge in [0.2, 0.25) is 0 Å². The van der Waals surface area contributed by atoms with Gasteiger partial charge in [0, 0.05) is 18.7 Å². The third kappa shape index (κ3) is 2.62. The van der Waals surface area contributed by atoms with Crippen molar-refractivity contribution >= 4 is 9.84 Å². The van der Waals surface area contributed by atoms with Crippen molar-refractivity contribution < 1.29 is 13.2 Å². The molecule has 1 fully saturated rings. The Hall–Kier alpha value is -1.07. The van der Waals surface area contributed by atoms with Gasteiger partial charge in [-0.1, -0.05) is 12.1 Å². The van der Waals surface area contributed by atoms with Crippen LogP contribution in [0, 0.1) is 0 Å². The normalized spacial score (nSPS) is 28.9. The van der Waals surface area contributed by atoms with Crippen molar-refractivity contribution in [3.8, 4) is 5.75 Å². The summed E-state index contributed by atoms with van der Waals surface area (Å²) in [6.07, 6.45) is 1.48. The molecule has 5 heteroatoms. The monoisotopic (exact) mass is 281 g/mol. The molecule has 0 amide bonds. The Morgan fingerprint density at radius 2 is 2.16 bits per heavy atom. The van der Waals surface area contributed by atoms with E-state index in [-0.39, 0.29) is 5.75 Å². The maximum atomic E-state index is 11.8. The molecule has 0 aliphatic carbocycles. The zero-order valence-electron chi connectivity index (χ0n) is 11.1. The highest BCUT2D eigenvalue weighted by molar-refractivity contribution is 7.91. The molecule has 2 heterocycles. The molecule has 0 aromatic heterocycles. The fraction of sp³-hybridized carbons (Fsp3) is 0.571. The lowest BCUT2D eigenvalue weighted by atomic mass is 10.0. The maximum absolute atomic E-state index is 11.8. The van der Waals surface area contributed by atoms with Crippen LogP contribution in [0.15, 0.2) is 18.2 Å². The zero-order valence-corrected chi connectivity index (χ0v) is 11.9. The third-order valence-corrected chi connectivity index (χ3v) is 5.85. The van der Waals surface area contributed by atoms with E-state index in [1.165, 1.54) is 11.1 Å². The van der Waals surface area contributed by atoms with Crippen LogP contribution in [0.1, 0.15) is 30.9 Å². The van der Waals surface area contributed by atoms with Gasteiger partial charge in [-0.3, -0.25) is 0 Å². The summed E-state index contributed by atoms with van der Waals surface area (Å²) in [7, 11) is -2.97. The first-order chi connectivity index (χ1) is 8.98. The van der Waals surface area contributed by atoms with Crippen LogP contribution < -0.4 is 10.1 Å². The highest BCUT2D eigenvalue weighted by atomic mass is 32.2. The van der Waals surface area contributed by atoms with Crippen molar-refractivity contribution in [2.24, 2.45) is 0 Å². The molecule has 1 saturated heterocycles. The van der Waals surface area contributed by atoms with E-state index in [9.17, 15) is 8.42 Å². The largest absolute Gasteiger partial charge is 0.486 e. The third-order valence-electron chi connectivity index (χ3n) is 3.89. The molecular weight excluding hydrogens is 262 g/mol. The number of rotatable bonds is 2. The number of nitrogens with one attached hydrogen (secondary N) is 1. The number of fused-ring (bicyclic) bond motifs is 1. The Balaban J connectivity index is 1.87. The van der Waals surface area contributed by atoms with E-state index in [0.717, 1.165) is 25.3 Å². The highest BCUT2D eigenvalue weighted by Crippen LogP contribution is 2.33. The van der Waals surface area contributed by atoms with Crippen molar-refractivity contribution in [3.05, 3.63) is 29.3 Å². The molecule has 1 aromatic rings. The molecule has 0 radical (unpaired) electrons. The van der Waals surface area contributed by atoms with Gasteiger partial charge in [-0.25, -0.2) is 8.42 Å². The van der Waals surface area contributed by atoms with E-state index in [1.54, 1.807) is 0 Å². The summed E-state index contributed by atoms with van der Waals surface area (Å²) in [5.74, 6) is 1.25. The standard InChI is InChI=1S/C14H19NO3S/c1-14(6-3-7-19(16,17)10-14)18-13-5-2-4-11-8-15-9-12(11)13/h2,4-5,15H,3,6-10H2,1H3. The van der Waals surface area contributed by atoms with E-state index >= 15 is 0 Å². The Kier molecular flexibility index (Phi) is 3.06. The van der Waals surface area contributed by atoms with Crippen LogP contribution in [0.4, 0.5) is 0 Å². The van der Waals surface area contributed by atoms with Gasteiger partial charge < -0.3 is 10.1 Å². The minimum atomic E-state index is -2.97. The number of ether oxygens (including phenoxy) is 1. The number of hydrogen-bond donors (Lipinski definition) is 1. The van der Waals surface area contributed by atoms with Gasteiger partial charge in [-0.05, 0) is 31.4 Å². The fourth-order valence-corrected chi connectivity index (χ4v) is 4.88. The molecule has 3 rings (SSSR count). The van der Waals surface area contributed by atoms with Crippen LogP contribution in [0.5, 0.6) is 5.75 Å². The van der Waals surface area contributed by atoms with Crippen LogP contribution >= 0.6 is 0 Å². The van der Waals surface area contributed by atoms with Gasteiger partial charge in [0.15, 0.2) is 9.84 Å². The summed E-state index contributed by atoms with van der Waals surface area (Å²) in [6, 6.07) is 6.00. The first-order valence-corrected chi connectivity index (χ1v) is 8.51. The average molecular weight is 281 g/mol. The number of benzene rings is 1. The van der Waals surface area contributed by atoms with E-state index in [2.05, 4.69) is 11.4 Å². The molecule has 0 spiro atoms. The Morgan fingerprint density at radius 1 is 1.32 bits per heavy atom. The summed E-state index contributed by atoms with van der Waals surface area (Å²) in [5, 5.41) is 3.30. The van der Waals surface area contributed by atoms with Gasteiger partial charge in [0.05, 0.1) is 11.5 Å². The summed E-state index contributed by atoms with van der Waals surface area (Å²) < 4.78 is 29.7. The predicted octanol–water partition coefficient (Wildman–Crippen LogP) is 1.64. The maximum Gasteiger partial charge on any atom is 0.154 e. The van der Waals surface area contributed by atoms with E-state index < -0.39 is 15.4 Å². The highest BCUT2D eigenvalue weighted by Gasteiger charge is 2.37. The topological polar surface area (TPSA) is 55.4 Å². The van der Waals surface area contributed by atoms with Crippen molar-refractivity contribution in [1.29, 1.82) is 0 Å². The van der Waals surface area contributed by atoms with Crippen molar-refractivity contribution in [3.63, 3.8) is 0 Å². The molecule has 1 atom stereocenters. The van der Waals surface area contributed by atoms with Crippen LogP contribution in [0.25, 0.3) is 0 Å². The van der Waals surface area contributed by atoms with Gasteiger partial charge in [0.1, 0.15) is 11.4 Å². The van der Waals surface area contributed by atoms with Crippen LogP contribution in [0.2, 0.25) is 0 Å². The quantitative estimate of drug-likeness (QED) is 0.895. The second-order valence-corrected chi connectivity index (χ2v) is 7.93. The van der Waals surface area contributed by atoms with Gasteiger partial charge in [-0.15, -0.1) is 0 Å². The van der Waals surface area contributed by atoms with E-state index in [4.69, 9.17) is 4.74 Å². The minimum absolute atomic E-state index is 0.122. The smallest absolute Gasteiger partial charge is 0.154 e. The molecule has 104 valence electrons. The molecule has 1 unspecified atom stereocenters. The number of hydrogen-bond acceptors (Lipinski definition) is 4. The van der Waals surface area contributed by atoms with E-state index in [1.807, 2.05) is 19.1 Å². The molecule has 1 N–H and O–H groups in total. The van der Waals surface area contributed by atoms with E-state index in [0.29, 0.717) is 12.2 Å². The lowest BCUT2D eigenvalue weighted by Crippen LogP contribution is -2.44. The Labute approximate surface area is 114 Å². The first kappa shape index (κ1) is 12.9. The van der Waals surface area contributed by atoms with Crippen molar-refractivity contribution in [1.82, 2.24) is 5.32 Å². The molecule has 0 saturated carbocycles. The Bertz CT molecular complexity index is 597. The molecule has 1 aromatic carbocycles. The lowest BCUT2D eigenvalue weighted by Gasteiger charge is -2.34. The van der Waals surface area contributed by atoms with Gasteiger partial charge >= 0.3 is 0 Å². The van der Waals surface area contributed by atoms with Crippen LogP contribution in [-0.2, 0) is 22.9 Å². The fourth-order valence-electron chi connectivity index (χ4n) is 3.02. The van der Waals surface area contributed by atoms with Gasteiger partial charge in [0.25, 0.3) is 0 Å². The summed E-state index contributed by atoms with van der Waals surface area (Å²) in [4.78, 5) is 0. The molecule has 0 bridgehead atoms. The minimum Gasteiger partial charge on any atom is -0.486 e. The Morgan fingerprint density at radius 3 is 2.95 bits per heavy atom. The summed E-state index contributed by atoms with van der Waals surface area (Å²) >= 11 is 0. The molecule has 19 heavy (non-hydrogen) atoms. The average Bonchev–Trinajstić information content (AvgIpc) is 2.75. The summed E-state index contributed by atoms with van der Waals surface area (Å²) in [6.45, 7) is 3.57. The van der Waals surface area contributed by atoms with Crippen molar-refractivity contribution in [2.45, 2.75) is 38.5 Å². The second kappa shape index (κ2) is 4.49. The first-order valence-electron chi connectivity index (χ1n) is 6.68. The molecule has 2 aliphatic rings. The molecule has 2 aliphatic heterocycles. The molecular formula is C14H19NO3S. The van der Waals surface area contributed by atoms with Gasteiger partial charge in [-0.2, -0.15) is 0 Å². The lowest BCUT2D eigenvalue weighted by molar-refractivity contribution is 0.0965. The zero-order chi connectivity index (χ0) is 13.5. The predicted molar refractivity (Wildman–Crippen MR) is 73.9 cm³/mol. The number of sulfone groups is 1. The summed E-state index contributed by atoms with van der Waals surface area (Å²) in [5.41, 5.74) is 1.83. The van der Waals surface area contributed by atoms with Crippen molar-refractivity contribution in [2.75, 3.05) is 11.5 Å². The van der Waals surface area contributed by atoms with Crippen LogP contribution in [-0.4, -0.2) is 25.5 Å². The molecule has 4 nitrogen and oxygen atoms in total. The van der Waals surface area contributed by atoms with Crippen LogP contribution in [0.3, 0.4) is 0 Å². The second-order valence-electron chi connectivity index (χ2n) is 5.74.